The minimum absolute atomic E-state index is 0.0554. The average Bonchev–Trinajstić information content (AvgIpc) is 2.86. The first kappa shape index (κ1) is 16.9. The molecule has 2 nitrogen and oxygen atoms in total. The Bertz CT molecular complexity index is 900. The number of nitrogens with one attached hydrogen (secondary N) is 1. The third kappa shape index (κ3) is 3.04. The molecule has 0 fully saturated rings. The maximum absolute atomic E-state index is 13.0. The van der Waals surface area contributed by atoms with Crippen LogP contribution in [0.2, 0.25) is 0 Å². The van der Waals surface area contributed by atoms with E-state index in [-0.39, 0.29) is 5.78 Å². The van der Waals surface area contributed by atoms with E-state index in [1.807, 2.05) is 57.3 Å². The molecule has 0 aliphatic rings. The van der Waals surface area contributed by atoms with Gasteiger partial charge >= 0.3 is 0 Å². The molecule has 1 heterocycles. The summed E-state index contributed by atoms with van der Waals surface area (Å²) in [6, 6.07) is 16.0. The van der Waals surface area contributed by atoms with Crippen LogP contribution < -0.4 is 5.32 Å². The largest absolute Gasteiger partial charge is 0.388 e. The molecule has 0 amide bonds. The molecular weight excluding hydrogens is 382 g/mol. The fourth-order valence-corrected chi connectivity index (χ4v) is 4.62. The standard InChI is InChI=1S/C20H18BrNOS/c1-12-18(19(21)13(2)24-12)20(23)15-9-10-16(17(11-15)22-3)14-7-5-4-6-8-14/h4-11,22H,1-3H3. The number of anilines is 1. The molecule has 4 heteroatoms. The molecule has 0 aliphatic heterocycles. The Morgan fingerprint density at radius 3 is 2.33 bits per heavy atom. The maximum atomic E-state index is 13.0. The van der Waals surface area contributed by atoms with Crippen LogP contribution in [-0.4, -0.2) is 12.8 Å². The normalized spacial score (nSPS) is 10.7. The van der Waals surface area contributed by atoms with Crippen molar-refractivity contribution in [2.45, 2.75) is 13.8 Å². The predicted molar refractivity (Wildman–Crippen MR) is 106 cm³/mol. The number of hydrogen-bond donors (Lipinski definition) is 1. The van der Waals surface area contributed by atoms with Crippen LogP contribution in [0.25, 0.3) is 11.1 Å². The van der Waals surface area contributed by atoms with Crippen LogP contribution >= 0.6 is 27.3 Å². The van der Waals surface area contributed by atoms with Gasteiger partial charge < -0.3 is 5.32 Å². The Morgan fingerprint density at radius 2 is 1.75 bits per heavy atom. The van der Waals surface area contributed by atoms with Gasteiger partial charge in [-0.2, -0.15) is 0 Å². The molecule has 0 unspecified atom stereocenters. The van der Waals surface area contributed by atoms with Crippen molar-refractivity contribution in [3.63, 3.8) is 0 Å². The summed E-state index contributed by atoms with van der Waals surface area (Å²) in [5, 5.41) is 3.21. The van der Waals surface area contributed by atoms with Crippen molar-refractivity contribution < 1.29 is 4.79 Å². The van der Waals surface area contributed by atoms with Gasteiger partial charge in [-0.15, -0.1) is 11.3 Å². The van der Waals surface area contributed by atoms with Crippen LogP contribution in [0.1, 0.15) is 25.7 Å². The van der Waals surface area contributed by atoms with E-state index in [0.29, 0.717) is 5.56 Å². The number of thiophene rings is 1. The number of benzene rings is 2. The van der Waals surface area contributed by atoms with Crippen molar-refractivity contribution in [3.8, 4) is 11.1 Å². The van der Waals surface area contributed by atoms with Gasteiger partial charge in [0.15, 0.2) is 5.78 Å². The highest BCUT2D eigenvalue weighted by atomic mass is 79.9. The first-order valence-corrected chi connectivity index (χ1v) is 9.31. The molecule has 2 aromatic carbocycles. The molecule has 3 rings (SSSR count). The second-order valence-corrected chi connectivity index (χ2v) is 7.83. The van der Waals surface area contributed by atoms with Crippen LogP contribution in [0.3, 0.4) is 0 Å². The number of ketones is 1. The Labute approximate surface area is 154 Å². The zero-order chi connectivity index (χ0) is 17.3. The van der Waals surface area contributed by atoms with Crippen molar-refractivity contribution in [2.24, 2.45) is 0 Å². The van der Waals surface area contributed by atoms with Crippen molar-refractivity contribution >= 4 is 38.7 Å². The second-order valence-electron chi connectivity index (χ2n) is 5.61. The average molecular weight is 400 g/mol. The lowest BCUT2D eigenvalue weighted by molar-refractivity contribution is 0.103. The fraction of sp³-hybridized carbons (Fsp3) is 0.150. The third-order valence-electron chi connectivity index (χ3n) is 4.05. The second kappa shape index (κ2) is 6.91. The van der Waals surface area contributed by atoms with Crippen LogP contribution in [0.4, 0.5) is 5.69 Å². The predicted octanol–water partition coefficient (Wildman–Crippen LogP) is 6.07. The van der Waals surface area contributed by atoms with Crippen molar-refractivity contribution in [2.75, 3.05) is 12.4 Å². The van der Waals surface area contributed by atoms with Gasteiger partial charge in [0.05, 0.1) is 5.56 Å². The minimum Gasteiger partial charge on any atom is -0.388 e. The van der Waals surface area contributed by atoms with Crippen molar-refractivity contribution in [1.29, 1.82) is 0 Å². The summed E-state index contributed by atoms with van der Waals surface area (Å²) >= 11 is 5.21. The Balaban J connectivity index is 2.06. The molecule has 0 aliphatic carbocycles. The smallest absolute Gasteiger partial charge is 0.195 e. The minimum atomic E-state index is 0.0554. The quantitative estimate of drug-likeness (QED) is 0.539. The van der Waals surface area contributed by atoms with E-state index in [9.17, 15) is 4.79 Å². The van der Waals surface area contributed by atoms with Gasteiger partial charge in [0.2, 0.25) is 0 Å². The fourth-order valence-electron chi connectivity index (χ4n) is 2.82. The molecule has 122 valence electrons. The molecule has 0 bridgehead atoms. The first-order valence-electron chi connectivity index (χ1n) is 7.70. The Kier molecular flexibility index (Phi) is 4.88. The zero-order valence-corrected chi connectivity index (χ0v) is 16.2. The number of carbonyl (C=O) groups is 1. The molecule has 0 saturated carbocycles. The molecule has 0 radical (unpaired) electrons. The van der Waals surface area contributed by atoms with Gasteiger partial charge in [0.1, 0.15) is 0 Å². The zero-order valence-electron chi connectivity index (χ0n) is 13.8. The molecule has 0 atom stereocenters. The van der Waals surface area contributed by atoms with Gasteiger partial charge in [-0.25, -0.2) is 0 Å². The molecule has 3 aromatic rings. The summed E-state index contributed by atoms with van der Waals surface area (Å²) in [4.78, 5) is 15.1. The lowest BCUT2D eigenvalue weighted by Gasteiger charge is -2.12. The topological polar surface area (TPSA) is 29.1 Å². The lowest BCUT2D eigenvalue weighted by Crippen LogP contribution is -2.04. The van der Waals surface area contributed by atoms with Gasteiger partial charge in [-0.1, -0.05) is 42.5 Å². The van der Waals surface area contributed by atoms with Gasteiger partial charge in [-0.3, -0.25) is 4.79 Å². The van der Waals surface area contributed by atoms with Crippen LogP contribution in [0.15, 0.2) is 53.0 Å². The van der Waals surface area contributed by atoms with Gasteiger partial charge in [0, 0.05) is 38.1 Å². The summed E-state index contributed by atoms with van der Waals surface area (Å²) in [7, 11) is 1.88. The highest BCUT2D eigenvalue weighted by molar-refractivity contribution is 9.10. The van der Waals surface area contributed by atoms with E-state index in [1.54, 1.807) is 11.3 Å². The summed E-state index contributed by atoms with van der Waals surface area (Å²) < 4.78 is 0.910. The molecule has 1 aromatic heterocycles. The molecule has 24 heavy (non-hydrogen) atoms. The SMILES string of the molecule is CNc1cc(C(=O)c2c(C)sc(C)c2Br)ccc1-c1ccccc1. The number of rotatable bonds is 4. The van der Waals surface area contributed by atoms with E-state index in [4.69, 9.17) is 0 Å². The monoisotopic (exact) mass is 399 g/mol. The highest BCUT2D eigenvalue weighted by Crippen LogP contribution is 2.35. The summed E-state index contributed by atoms with van der Waals surface area (Å²) in [5.74, 6) is 0.0554. The Morgan fingerprint density at radius 1 is 1.04 bits per heavy atom. The molecular formula is C20H18BrNOS. The molecule has 1 N–H and O–H groups in total. The molecule has 0 spiro atoms. The number of halogens is 1. The first-order chi connectivity index (χ1) is 11.5. The van der Waals surface area contributed by atoms with Crippen LogP contribution in [-0.2, 0) is 0 Å². The van der Waals surface area contributed by atoms with Gasteiger partial charge in [0.25, 0.3) is 0 Å². The third-order valence-corrected chi connectivity index (χ3v) is 6.32. The van der Waals surface area contributed by atoms with Crippen LogP contribution in [0, 0.1) is 13.8 Å². The lowest BCUT2D eigenvalue weighted by atomic mass is 9.97. The van der Waals surface area contributed by atoms with E-state index in [2.05, 4.69) is 33.4 Å². The number of aryl methyl sites for hydroxylation is 2. The summed E-state index contributed by atoms with van der Waals surface area (Å²) in [6.45, 7) is 4.02. The van der Waals surface area contributed by atoms with Crippen LogP contribution in [0.5, 0.6) is 0 Å². The molecule has 0 saturated heterocycles. The number of hydrogen-bond acceptors (Lipinski definition) is 3. The summed E-state index contributed by atoms with van der Waals surface area (Å²) in [6.07, 6.45) is 0. The van der Waals surface area contributed by atoms with Crippen molar-refractivity contribution in [3.05, 3.63) is 73.9 Å². The van der Waals surface area contributed by atoms with E-state index in [1.165, 1.54) is 0 Å². The van der Waals surface area contributed by atoms with E-state index in [0.717, 1.165) is 36.6 Å². The van der Waals surface area contributed by atoms with E-state index >= 15 is 0 Å². The highest BCUT2D eigenvalue weighted by Gasteiger charge is 2.20. The maximum Gasteiger partial charge on any atom is 0.195 e. The Hall–Kier alpha value is -1.91. The van der Waals surface area contributed by atoms with Gasteiger partial charge in [-0.05, 0) is 41.4 Å². The summed E-state index contributed by atoms with van der Waals surface area (Å²) in [5.41, 5.74) is 4.64. The van der Waals surface area contributed by atoms with E-state index < -0.39 is 0 Å². The number of carbonyl (C=O) groups excluding carboxylic acids is 1. The van der Waals surface area contributed by atoms with Crippen molar-refractivity contribution in [1.82, 2.24) is 0 Å².